The van der Waals surface area contributed by atoms with E-state index in [2.05, 4.69) is 4.72 Å². The monoisotopic (exact) mass is 360 g/mol. The minimum Gasteiger partial charge on any atom is -0.381 e. The van der Waals surface area contributed by atoms with Gasteiger partial charge in [0.2, 0.25) is 17.2 Å². The summed E-state index contributed by atoms with van der Waals surface area (Å²) in [7, 11) is 0. The van der Waals surface area contributed by atoms with E-state index in [1.165, 1.54) is 12.1 Å². The SMILES string of the molecule is CC(OC1(c2ccc(CNS(=O)O)c(F)c2)CCOCC1)C(N)=O. The molecular weight excluding hydrogens is 339 g/mol. The maximum absolute atomic E-state index is 14.3. The third-order valence-corrected chi connectivity index (χ3v) is 4.46. The zero-order valence-electron chi connectivity index (χ0n) is 13.3. The van der Waals surface area contributed by atoms with Gasteiger partial charge >= 0.3 is 0 Å². The summed E-state index contributed by atoms with van der Waals surface area (Å²) in [5.74, 6) is -1.11. The van der Waals surface area contributed by atoms with E-state index in [4.69, 9.17) is 19.8 Å². The fourth-order valence-electron chi connectivity index (χ4n) is 2.69. The topological polar surface area (TPSA) is 111 Å². The lowest BCUT2D eigenvalue weighted by Gasteiger charge is -2.39. The molecule has 1 fully saturated rings. The number of rotatable bonds is 7. The molecule has 2 rings (SSSR count). The Morgan fingerprint density at radius 1 is 1.54 bits per heavy atom. The molecule has 1 heterocycles. The molecule has 0 aliphatic carbocycles. The van der Waals surface area contributed by atoms with Crippen molar-refractivity contribution in [2.75, 3.05) is 13.2 Å². The molecule has 2 atom stereocenters. The smallest absolute Gasteiger partial charge is 0.246 e. The van der Waals surface area contributed by atoms with E-state index in [0.29, 0.717) is 31.6 Å². The van der Waals surface area contributed by atoms with E-state index in [9.17, 15) is 13.4 Å². The number of nitrogens with two attached hydrogens (primary N) is 1. The normalized spacial score (nSPS) is 19.6. The maximum atomic E-state index is 14.3. The summed E-state index contributed by atoms with van der Waals surface area (Å²) in [6.45, 7) is 2.34. The molecule has 4 N–H and O–H groups in total. The number of halogens is 1. The lowest BCUT2D eigenvalue weighted by Crippen LogP contribution is -2.42. The molecule has 1 amide bonds. The van der Waals surface area contributed by atoms with E-state index in [1.54, 1.807) is 13.0 Å². The van der Waals surface area contributed by atoms with Gasteiger partial charge in [-0.15, -0.1) is 0 Å². The van der Waals surface area contributed by atoms with Crippen molar-refractivity contribution < 1.29 is 27.4 Å². The van der Waals surface area contributed by atoms with E-state index in [-0.39, 0.29) is 12.1 Å². The molecule has 9 heteroatoms. The lowest BCUT2D eigenvalue weighted by atomic mass is 9.85. The van der Waals surface area contributed by atoms with Gasteiger partial charge in [-0.05, 0) is 18.6 Å². The molecule has 0 radical (unpaired) electrons. The van der Waals surface area contributed by atoms with Gasteiger partial charge < -0.3 is 15.2 Å². The average Bonchev–Trinajstić information content (AvgIpc) is 2.54. The van der Waals surface area contributed by atoms with Crippen LogP contribution in [0.5, 0.6) is 0 Å². The number of benzene rings is 1. The van der Waals surface area contributed by atoms with Crippen LogP contribution in [-0.2, 0) is 37.7 Å². The van der Waals surface area contributed by atoms with Crippen LogP contribution >= 0.6 is 0 Å². The molecule has 0 aromatic heterocycles. The summed E-state index contributed by atoms with van der Waals surface area (Å²) in [6.07, 6.45) is 0.134. The van der Waals surface area contributed by atoms with Crippen LogP contribution in [0.4, 0.5) is 4.39 Å². The molecule has 7 nitrogen and oxygen atoms in total. The van der Waals surface area contributed by atoms with E-state index in [1.807, 2.05) is 0 Å². The van der Waals surface area contributed by atoms with Gasteiger partial charge in [0.25, 0.3) is 0 Å². The first-order valence-corrected chi connectivity index (χ1v) is 8.63. The number of ether oxygens (including phenoxy) is 2. The van der Waals surface area contributed by atoms with Crippen LogP contribution in [0.2, 0.25) is 0 Å². The molecule has 1 aromatic carbocycles. The van der Waals surface area contributed by atoms with E-state index in [0.717, 1.165) is 0 Å². The zero-order valence-corrected chi connectivity index (χ0v) is 14.1. The molecule has 0 saturated carbocycles. The van der Waals surface area contributed by atoms with Gasteiger partial charge in [0.15, 0.2) is 0 Å². The molecule has 134 valence electrons. The first kappa shape index (κ1) is 18.9. The van der Waals surface area contributed by atoms with Crippen molar-refractivity contribution in [3.05, 3.63) is 35.1 Å². The Morgan fingerprint density at radius 2 is 2.21 bits per heavy atom. The highest BCUT2D eigenvalue weighted by Gasteiger charge is 2.38. The van der Waals surface area contributed by atoms with Gasteiger partial charge in [0.1, 0.15) is 11.9 Å². The van der Waals surface area contributed by atoms with Crippen molar-refractivity contribution in [2.24, 2.45) is 5.73 Å². The van der Waals surface area contributed by atoms with Gasteiger partial charge in [-0.1, -0.05) is 12.1 Å². The maximum Gasteiger partial charge on any atom is 0.246 e. The summed E-state index contributed by atoms with van der Waals surface area (Å²) < 4.78 is 47.1. The van der Waals surface area contributed by atoms with Crippen LogP contribution in [0, 0.1) is 5.82 Å². The zero-order chi connectivity index (χ0) is 17.7. The Kier molecular flexibility index (Phi) is 6.41. The Balaban J connectivity index is 2.27. The van der Waals surface area contributed by atoms with Crippen molar-refractivity contribution in [1.82, 2.24) is 4.72 Å². The fraction of sp³-hybridized carbons (Fsp3) is 0.533. The van der Waals surface area contributed by atoms with Crippen LogP contribution in [0.25, 0.3) is 0 Å². The average molecular weight is 360 g/mol. The Morgan fingerprint density at radius 3 is 2.75 bits per heavy atom. The number of hydrogen-bond donors (Lipinski definition) is 3. The number of nitrogens with one attached hydrogen (secondary N) is 1. The quantitative estimate of drug-likeness (QED) is 0.627. The molecule has 2 unspecified atom stereocenters. The largest absolute Gasteiger partial charge is 0.381 e. The second-order valence-electron chi connectivity index (χ2n) is 5.65. The molecular formula is C15H21FN2O5S. The van der Waals surface area contributed by atoms with Crippen LogP contribution in [0.15, 0.2) is 18.2 Å². The predicted molar refractivity (Wildman–Crippen MR) is 85.5 cm³/mol. The second kappa shape index (κ2) is 8.13. The van der Waals surface area contributed by atoms with Crippen molar-refractivity contribution in [3.8, 4) is 0 Å². The fourth-order valence-corrected chi connectivity index (χ4v) is 2.96. The number of amides is 1. The first-order chi connectivity index (χ1) is 11.3. The molecule has 1 saturated heterocycles. The molecule has 1 aliphatic heterocycles. The predicted octanol–water partition coefficient (Wildman–Crippen LogP) is 0.948. The number of primary amides is 1. The number of hydrogen-bond acceptors (Lipinski definition) is 4. The van der Waals surface area contributed by atoms with Gasteiger partial charge in [0, 0.05) is 38.2 Å². The third-order valence-electron chi connectivity index (χ3n) is 4.07. The van der Waals surface area contributed by atoms with Crippen molar-refractivity contribution in [1.29, 1.82) is 0 Å². The van der Waals surface area contributed by atoms with Crippen LogP contribution < -0.4 is 10.5 Å². The van der Waals surface area contributed by atoms with Gasteiger partial charge in [0.05, 0.1) is 5.60 Å². The summed E-state index contributed by atoms with van der Waals surface area (Å²) in [5, 5.41) is 0. The molecule has 24 heavy (non-hydrogen) atoms. The highest BCUT2D eigenvalue weighted by Crippen LogP contribution is 2.37. The van der Waals surface area contributed by atoms with E-state index < -0.39 is 34.7 Å². The molecule has 1 aliphatic rings. The minimum absolute atomic E-state index is 0.0795. The number of carbonyl (C=O) groups is 1. The number of carbonyl (C=O) groups excluding carboxylic acids is 1. The Bertz CT molecular complexity index is 622. The van der Waals surface area contributed by atoms with Crippen LogP contribution in [0.3, 0.4) is 0 Å². The molecule has 1 aromatic rings. The van der Waals surface area contributed by atoms with Crippen LogP contribution in [0.1, 0.15) is 30.9 Å². The standard InChI is InChI=1S/C15H21FN2O5S/c1-10(14(17)19)23-15(4-6-22-7-5-15)12-3-2-11(13(16)8-12)9-18-24(20)21/h2-3,8,10,18H,4-7,9H2,1H3,(H2,17,19)(H,20,21). The first-order valence-electron chi connectivity index (χ1n) is 7.52. The van der Waals surface area contributed by atoms with Crippen molar-refractivity contribution in [2.45, 2.75) is 38.0 Å². The lowest BCUT2D eigenvalue weighted by molar-refractivity contribution is -0.161. The van der Waals surface area contributed by atoms with E-state index >= 15 is 0 Å². The van der Waals surface area contributed by atoms with Crippen LogP contribution in [-0.4, -0.2) is 34.0 Å². The second-order valence-corrected chi connectivity index (χ2v) is 6.43. The third kappa shape index (κ3) is 4.58. The highest BCUT2D eigenvalue weighted by atomic mass is 32.2. The van der Waals surface area contributed by atoms with Crippen molar-refractivity contribution in [3.63, 3.8) is 0 Å². The summed E-state index contributed by atoms with van der Waals surface area (Å²) in [6, 6.07) is 4.55. The summed E-state index contributed by atoms with van der Waals surface area (Å²) in [5.41, 5.74) is 5.28. The van der Waals surface area contributed by atoms with Crippen molar-refractivity contribution >= 4 is 17.2 Å². The Labute approximate surface area is 142 Å². The minimum atomic E-state index is -2.21. The van der Waals surface area contributed by atoms with Gasteiger partial charge in [-0.2, -0.15) is 0 Å². The Hall–Kier alpha value is -1.39. The molecule has 0 bridgehead atoms. The molecule has 0 spiro atoms. The summed E-state index contributed by atoms with van der Waals surface area (Å²) in [4.78, 5) is 11.3. The summed E-state index contributed by atoms with van der Waals surface area (Å²) >= 11 is -2.21. The van der Waals surface area contributed by atoms with Gasteiger partial charge in [-0.25, -0.2) is 13.3 Å². The highest BCUT2D eigenvalue weighted by molar-refractivity contribution is 7.77. The van der Waals surface area contributed by atoms with Gasteiger partial charge in [-0.3, -0.25) is 9.35 Å².